The lowest BCUT2D eigenvalue weighted by Crippen LogP contribution is -2.23. The molecule has 3 aromatic heterocycles. The highest BCUT2D eigenvalue weighted by molar-refractivity contribution is 7.09. The normalized spacial score (nSPS) is 12.5. The van der Waals surface area contributed by atoms with Gasteiger partial charge in [-0.3, -0.25) is 4.98 Å². The summed E-state index contributed by atoms with van der Waals surface area (Å²) in [5.41, 5.74) is 3.64. The van der Waals surface area contributed by atoms with Crippen molar-refractivity contribution in [2.45, 2.75) is 19.0 Å². The van der Waals surface area contributed by atoms with Crippen molar-refractivity contribution in [2.75, 3.05) is 0 Å². The van der Waals surface area contributed by atoms with E-state index < -0.39 is 0 Å². The van der Waals surface area contributed by atoms with Gasteiger partial charge >= 0.3 is 0 Å². The second-order valence-corrected chi connectivity index (χ2v) is 7.34. The van der Waals surface area contributed by atoms with E-state index in [9.17, 15) is 0 Å². The molecule has 0 radical (unpaired) electrons. The molecule has 0 aliphatic carbocycles. The second-order valence-electron chi connectivity index (χ2n) is 5.63. The summed E-state index contributed by atoms with van der Waals surface area (Å²) in [6, 6.07) is 12.8. The second kappa shape index (κ2) is 7.21. The lowest BCUT2D eigenvalue weighted by atomic mass is 10.1. The molecular weight excluding hydrogens is 334 g/mol. The number of pyridine rings is 1. The van der Waals surface area contributed by atoms with E-state index in [0.29, 0.717) is 0 Å². The fraction of sp³-hybridized carbons (Fsp3) is 0.158. The fourth-order valence-electron chi connectivity index (χ4n) is 2.84. The molecule has 4 aromatic rings. The van der Waals surface area contributed by atoms with Gasteiger partial charge in [0, 0.05) is 29.7 Å². The van der Waals surface area contributed by atoms with Gasteiger partial charge in [-0.25, -0.2) is 4.98 Å². The molecule has 3 nitrogen and oxygen atoms in total. The van der Waals surface area contributed by atoms with Crippen LogP contribution in [0, 0.1) is 0 Å². The number of benzene rings is 1. The number of para-hydroxylation sites is 1. The maximum absolute atomic E-state index is 4.55. The molecule has 1 N–H and O–H groups in total. The number of aromatic nitrogens is 2. The summed E-state index contributed by atoms with van der Waals surface area (Å²) in [4.78, 5) is 9.06. The molecule has 0 amide bonds. The first-order valence-corrected chi connectivity index (χ1v) is 9.69. The lowest BCUT2D eigenvalue weighted by molar-refractivity contribution is 0.529. The average molecular weight is 352 g/mol. The van der Waals surface area contributed by atoms with Gasteiger partial charge in [0.15, 0.2) is 0 Å². The van der Waals surface area contributed by atoms with Gasteiger partial charge in [0.05, 0.1) is 11.6 Å². The Bertz CT molecular complexity index is 896. The number of nitrogens with zero attached hydrogens (tertiary/aromatic N) is 2. The highest BCUT2D eigenvalue weighted by Gasteiger charge is 2.15. The van der Waals surface area contributed by atoms with Gasteiger partial charge in [-0.05, 0) is 40.4 Å². The quantitative estimate of drug-likeness (QED) is 0.541. The topological polar surface area (TPSA) is 37.8 Å². The summed E-state index contributed by atoms with van der Waals surface area (Å²) in [5.74, 6) is 0. The molecule has 1 atom stereocenters. The zero-order valence-electron chi connectivity index (χ0n) is 13.1. The maximum Gasteiger partial charge on any atom is 0.110 e. The van der Waals surface area contributed by atoms with Crippen LogP contribution in [-0.4, -0.2) is 9.97 Å². The lowest BCUT2D eigenvalue weighted by Gasteiger charge is -2.17. The number of nitrogens with one attached hydrogen (secondary N) is 1. The molecule has 0 unspecified atom stereocenters. The molecule has 0 saturated carbocycles. The Morgan fingerprint density at radius 2 is 1.96 bits per heavy atom. The van der Waals surface area contributed by atoms with E-state index in [-0.39, 0.29) is 6.04 Å². The van der Waals surface area contributed by atoms with Gasteiger partial charge in [-0.15, -0.1) is 11.3 Å². The molecule has 0 bridgehead atoms. The standard InChI is InChI=1S/C19H17N3S2/c1-3-15-5-2-7-20-18(15)16(4-1)12-22-17(19-21-8-10-24-19)11-14-6-9-23-13-14/h1-10,13,17,22H,11-12H2/t17-/m1/s1. The SMILES string of the molecule is c1cnc2c(CN[C@H](Cc3ccsc3)c3nccs3)cccc2c1. The van der Waals surface area contributed by atoms with Crippen LogP contribution in [0.25, 0.3) is 10.9 Å². The Labute approximate surface area is 149 Å². The van der Waals surface area contributed by atoms with Crippen molar-refractivity contribution < 1.29 is 0 Å². The summed E-state index contributed by atoms with van der Waals surface area (Å²) >= 11 is 3.45. The van der Waals surface area contributed by atoms with E-state index in [2.05, 4.69) is 56.4 Å². The first kappa shape index (κ1) is 15.4. The minimum absolute atomic E-state index is 0.221. The molecule has 3 heterocycles. The van der Waals surface area contributed by atoms with E-state index in [1.165, 1.54) is 16.5 Å². The monoisotopic (exact) mass is 351 g/mol. The van der Waals surface area contributed by atoms with Crippen molar-refractivity contribution >= 4 is 33.6 Å². The van der Waals surface area contributed by atoms with Gasteiger partial charge in [0.25, 0.3) is 0 Å². The fourth-order valence-corrected chi connectivity index (χ4v) is 4.24. The molecule has 5 heteroatoms. The first-order chi connectivity index (χ1) is 11.9. The smallest absolute Gasteiger partial charge is 0.110 e. The summed E-state index contributed by atoms with van der Waals surface area (Å²) in [6.45, 7) is 0.780. The molecule has 0 aliphatic rings. The van der Waals surface area contributed by atoms with E-state index in [4.69, 9.17) is 0 Å². The Kier molecular flexibility index (Phi) is 4.64. The van der Waals surface area contributed by atoms with Crippen LogP contribution in [0.15, 0.2) is 64.9 Å². The molecule has 24 heavy (non-hydrogen) atoms. The zero-order valence-corrected chi connectivity index (χ0v) is 14.7. The number of rotatable bonds is 6. The Balaban J connectivity index is 1.56. The Morgan fingerprint density at radius 1 is 1.00 bits per heavy atom. The molecule has 0 spiro atoms. The third-order valence-electron chi connectivity index (χ3n) is 4.02. The van der Waals surface area contributed by atoms with Crippen molar-refractivity contribution in [1.29, 1.82) is 0 Å². The first-order valence-electron chi connectivity index (χ1n) is 7.86. The Hall–Kier alpha value is -2.08. The van der Waals surface area contributed by atoms with Gasteiger partial charge in [-0.2, -0.15) is 11.3 Å². The van der Waals surface area contributed by atoms with Crippen LogP contribution < -0.4 is 5.32 Å². The van der Waals surface area contributed by atoms with Crippen LogP contribution in [0.5, 0.6) is 0 Å². The summed E-state index contributed by atoms with van der Waals surface area (Å²) in [6.07, 6.45) is 4.69. The van der Waals surface area contributed by atoms with E-state index in [1.807, 2.05) is 23.8 Å². The molecule has 4 rings (SSSR count). The van der Waals surface area contributed by atoms with Gasteiger partial charge in [0.2, 0.25) is 0 Å². The third kappa shape index (κ3) is 3.38. The van der Waals surface area contributed by atoms with Crippen LogP contribution in [0.3, 0.4) is 0 Å². The van der Waals surface area contributed by atoms with Crippen LogP contribution in [0.1, 0.15) is 22.2 Å². The predicted octanol–water partition coefficient (Wildman–Crippen LogP) is 4.83. The maximum atomic E-state index is 4.55. The van der Waals surface area contributed by atoms with Crippen molar-refractivity contribution in [1.82, 2.24) is 15.3 Å². The molecule has 1 aromatic carbocycles. The van der Waals surface area contributed by atoms with Gasteiger partial charge in [0.1, 0.15) is 5.01 Å². The van der Waals surface area contributed by atoms with Crippen LogP contribution in [0.4, 0.5) is 0 Å². The van der Waals surface area contributed by atoms with Crippen molar-refractivity contribution in [3.8, 4) is 0 Å². The minimum atomic E-state index is 0.221. The molecule has 0 aliphatic heterocycles. The van der Waals surface area contributed by atoms with E-state index in [0.717, 1.165) is 23.5 Å². The van der Waals surface area contributed by atoms with E-state index in [1.54, 1.807) is 22.7 Å². The predicted molar refractivity (Wildman–Crippen MR) is 101 cm³/mol. The number of thiazole rings is 1. The van der Waals surface area contributed by atoms with Crippen LogP contribution >= 0.6 is 22.7 Å². The third-order valence-corrected chi connectivity index (χ3v) is 5.65. The summed E-state index contributed by atoms with van der Waals surface area (Å²) in [7, 11) is 0. The zero-order chi connectivity index (χ0) is 16.2. The number of hydrogen-bond acceptors (Lipinski definition) is 5. The van der Waals surface area contributed by atoms with E-state index >= 15 is 0 Å². The molecule has 0 fully saturated rings. The Morgan fingerprint density at radius 3 is 2.79 bits per heavy atom. The number of hydrogen-bond donors (Lipinski definition) is 1. The minimum Gasteiger partial charge on any atom is -0.303 e. The largest absolute Gasteiger partial charge is 0.303 e. The van der Waals surface area contributed by atoms with Crippen molar-refractivity contribution in [3.63, 3.8) is 0 Å². The summed E-state index contributed by atoms with van der Waals surface area (Å²) in [5, 5.41) is 12.4. The van der Waals surface area contributed by atoms with Gasteiger partial charge < -0.3 is 5.32 Å². The van der Waals surface area contributed by atoms with Crippen LogP contribution in [-0.2, 0) is 13.0 Å². The molecule has 120 valence electrons. The average Bonchev–Trinajstić information content (AvgIpc) is 3.32. The van der Waals surface area contributed by atoms with Crippen LogP contribution in [0.2, 0.25) is 0 Å². The van der Waals surface area contributed by atoms with Crippen molar-refractivity contribution in [3.05, 3.63) is 81.1 Å². The van der Waals surface area contributed by atoms with Gasteiger partial charge in [-0.1, -0.05) is 24.3 Å². The highest BCUT2D eigenvalue weighted by Crippen LogP contribution is 2.23. The number of fused-ring (bicyclic) bond motifs is 1. The number of thiophene rings is 1. The molecule has 0 saturated heterocycles. The molecular formula is C19H17N3S2. The highest BCUT2D eigenvalue weighted by atomic mass is 32.1. The van der Waals surface area contributed by atoms with Crippen molar-refractivity contribution in [2.24, 2.45) is 0 Å². The summed E-state index contributed by atoms with van der Waals surface area (Å²) < 4.78 is 0.